The summed E-state index contributed by atoms with van der Waals surface area (Å²) < 4.78 is 0.915. The van der Waals surface area contributed by atoms with E-state index in [0.717, 1.165) is 9.26 Å². The molecule has 0 aliphatic heterocycles. The number of nitrogens with zero attached hydrogens (tertiary/aromatic N) is 1. The molecule has 0 saturated carbocycles. The topological polar surface area (TPSA) is 57.8 Å². The Labute approximate surface area is 130 Å². The summed E-state index contributed by atoms with van der Waals surface area (Å²) in [6.07, 6.45) is 0. The van der Waals surface area contributed by atoms with Crippen molar-refractivity contribution in [1.82, 2.24) is 10.2 Å². The van der Waals surface area contributed by atoms with Crippen LogP contribution >= 0.6 is 34.2 Å². The molecule has 1 aromatic carbocycles. The Morgan fingerprint density at radius 1 is 1.42 bits per heavy atom. The Morgan fingerprint density at radius 3 is 2.74 bits per heavy atom. The molecule has 100 valence electrons. The van der Waals surface area contributed by atoms with Gasteiger partial charge in [-0.1, -0.05) is 25.4 Å². The summed E-state index contributed by atoms with van der Waals surface area (Å²) in [4.78, 5) is 12.0. The van der Waals surface area contributed by atoms with E-state index in [0.29, 0.717) is 22.3 Å². The number of rotatable bonds is 3. The molecule has 2 rings (SSSR count). The molecule has 2 N–H and O–H groups in total. The Morgan fingerprint density at radius 2 is 2.16 bits per heavy atom. The number of aromatic nitrogens is 2. The molecular weight excluding hydrogens is 377 g/mol. The van der Waals surface area contributed by atoms with E-state index >= 15 is 0 Å². The van der Waals surface area contributed by atoms with Gasteiger partial charge in [0.1, 0.15) is 0 Å². The fourth-order valence-corrected chi connectivity index (χ4v) is 2.04. The first-order chi connectivity index (χ1) is 8.97. The maximum atomic E-state index is 12.0. The maximum absolute atomic E-state index is 12.0. The average Bonchev–Trinajstić information content (AvgIpc) is 2.81. The predicted octanol–water partition coefficient (Wildman–Crippen LogP) is 4.04. The van der Waals surface area contributed by atoms with E-state index in [1.807, 2.05) is 12.1 Å². The summed E-state index contributed by atoms with van der Waals surface area (Å²) in [5.74, 6) is 0.634. The number of halogens is 2. The molecule has 0 bridgehead atoms. The lowest BCUT2D eigenvalue weighted by Crippen LogP contribution is -2.12. The molecule has 0 aliphatic carbocycles. The van der Waals surface area contributed by atoms with E-state index in [2.05, 4.69) is 52.0 Å². The van der Waals surface area contributed by atoms with Crippen molar-refractivity contribution in [3.05, 3.63) is 44.1 Å². The van der Waals surface area contributed by atoms with Gasteiger partial charge in [-0.2, -0.15) is 5.10 Å². The van der Waals surface area contributed by atoms with Gasteiger partial charge < -0.3 is 5.32 Å². The molecule has 2 aromatic rings. The van der Waals surface area contributed by atoms with Crippen LogP contribution in [0.3, 0.4) is 0 Å². The lowest BCUT2D eigenvalue weighted by molar-refractivity contribution is 0.102. The summed E-state index contributed by atoms with van der Waals surface area (Å²) in [6, 6.07) is 7.02. The van der Waals surface area contributed by atoms with Crippen LogP contribution in [0.2, 0.25) is 5.02 Å². The van der Waals surface area contributed by atoms with Crippen molar-refractivity contribution in [2.75, 3.05) is 5.32 Å². The number of amides is 1. The summed E-state index contributed by atoms with van der Waals surface area (Å²) in [5.41, 5.74) is 1.50. The first-order valence-corrected chi connectivity index (χ1v) is 7.24. The number of carbonyl (C=O) groups is 1. The largest absolute Gasteiger partial charge is 0.305 e. The second-order valence-corrected chi connectivity index (χ2v) is 6.02. The SMILES string of the molecule is CC(C)c1cc(NC(=O)c2ccc(I)c(Cl)c2)n[nH]1. The Balaban J connectivity index is 2.13. The minimum atomic E-state index is -0.222. The van der Waals surface area contributed by atoms with Gasteiger partial charge in [-0.3, -0.25) is 9.89 Å². The van der Waals surface area contributed by atoms with Gasteiger partial charge in [0.25, 0.3) is 5.91 Å². The molecule has 0 spiro atoms. The minimum Gasteiger partial charge on any atom is -0.305 e. The standard InChI is InChI=1S/C13H13ClIN3O/c1-7(2)11-6-12(18-17-11)16-13(19)8-3-4-10(15)9(14)5-8/h3-7H,1-2H3,(H2,16,17,18,19). The number of anilines is 1. The molecule has 19 heavy (non-hydrogen) atoms. The molecule has 1 aromatic heterocycles. The van der Waals surface area contributed by atoms with Gasteiger partial charge >= 0.3 is 0 Å². The zero-order valence-electron chi connectivity index (χ0n) is 10.5. The molecule has 1 heterocycles. The minimum absolute atomic E-state index is 0.222. The maximum Gasteiger partial charge on any atom is 0.256 e. The first-order valence-electron chi connectivity index (χ1n) is 5.79. The fourth-order valence-electron chi connectivity index (χ4n) is 1.52. The van der Waals surface area contributed by atoms with E-state index in [9.17, 15) is 4.79 Å². The van der Waals surface area contributed by atoms with E-state index < -0.39 is 0 Å². The molecule has 0 radical (unpaired) electrons. The molecule has 0 saturated heterocycles. The van der Waals surface area contributed by atoms with Crippen molar-refractivity contribution < 1.29 is 4.79 Å². The molecule has 4 nitrogen and oxygen atoms in total. The van der Waals surface area contributed by atoms with E-state index in [4.69, 9.17) is 11.6 Å². The Bertz CT molecular complexity index is 610. The van der Waals surface area contributed by atoms with Crippen LogP contribution in [0.5, 0.6) is 0 Å². The van der Waals surface area contributed by atoms with Crippen LogP contribution < -0.4 is 5.32 Å². The third-order valence-corrected chi connectivity index (χ3v) is 4.22. The fraction of sp³-hybridized carbons (Fsp3) is 0.231. The van der Waals surface area contributed by atoms with Crippen LogP contribution in [-0.2, 0) is 0 Å². The van der Waals surface area contributed by atoms with Gasteiger partial charge in [0.2, 0.25) is 0 Å². The second-order valence-electron chi connectivity index (χ2n) is 4.45. The summed E-state index contributed by atoms with van der Waals surface area (Å²) in [6.45, 7) is 4.11. The summed E-state index contributed by atoms with van der Waals surface area (Å²) in [5, 5.41) is 10.2. The molecular formula is C13H13ClIN3O. The Hall–Kier alpha value is -1.08. The smallest absolute Gasteiger partial charge is 0.256 e. The van der Waals surface area contributed by atoms with Crippen LogP contribution in [0.25, 0.3) is 0 Å². The molecule has 0 atom stereocenters. The van der Waals surface area contributed by atoms with Gasteiger partial charge in [0.15, 0.2) is 5.82 Å². The highest BCUT2D eigenvalue weighted by Crippen LogP contribution is 2.20. The van der Waals surface area contributed by atoms with Crippen molar-refractivity contribution >= 4 is 45.9 Å². The van der Waals surface area contributed by atoms with Crippen LogP contribution in [0.15, 0.2) is 24.3 Å². The van der Waals surface area contributed by atoms with Gasteiger partial charge in [-0.25, -0.2) is 0 Å². The highest BCUT2D eigenvalue weighted by molar-refractivity contribution is 14.1. The third-order valence-electron chi connectivity index (χ3n) is 2.64. The van der Waals surface area contributed by atoms with Crippen molar-refractivity contribution in [2.45, 2.75) is 19.8 Å². The van der Waals surface area contributed by atoms with E-state index in [1.54, 1.807) is 12.1 Å². The van der Waals surface area contributed by atoms with Crippen LogP contribution in [0.4, 0.5) is 5.82 Å². The van der Waals surface area contributed by atoms with Crippen LogP contribution in [0, 0.1) is 3.57 Å². The lowest BCUT2D eigenvalue weighted by Gasteiger charge is -2.03. The number of nitrogens with one attached hydrogen (secondary N) is 2. The van der Waals surface area contributed by atoms with Gasteiger partial charge in [-0.15, -0.1) is 0 Å². The van der Waals surface area contributed by atoms with E-state index in [-0.39, 0.29) is 5.91 Å². The van der Waals surface area contributed by atoms with Gasteiger partial charge in [0, 0.05) is 20.9 Å². The predicted molar refractivity (Wildman–Crippen MR) is 84.8 cm³/mol. The second kappa shape index (κ2) is 5.92. The van der Waals surface area contributed by atoms with Crippen molar-refractivity contribution in [2.24, 2.45) is 0 Å². The highest BCUT2D eigenvalue weighted by atomic mass is 127. The monoisotopic (exact) mass is 389 g/mol. The zero-order chi connectivity index (χ0) is 14.0. The quantitative estimate of drug-likeness (QED) is 0.778. The molecule has 6 heteroatoms. The number of benzene rings is 1. The number of hydrogen-bond acceptors (Lipinski definition) is 2. The van der Waals surface area contributed by atoms with Crippen molar-refractivity contribution in [3.63, 3.8) is 0 Å². The van der Waals surface area contributed by atoms with Crippen LogP contribution in [-0.4, -0.2) is 16.1 Å². The number of aromatic amines is 1. The molecule has 0 unspecified atom stereocenters. The number of H-pyrrole nitrogens is 1. The van der Waals surface area contributed by atoms with Crippen molar-refractivity contribution in [1.29, 1.82) is 0 Å². The summed E-state index contributed by atoms with van der Waals surface area (Å²) in [7, 11) is 0. The average molecular weight is 390 g/mol. The van der Waals surface area contributed by atoms with Gasteiger partial charge in [0.05, 0.1) is 5.02 Å². The first kappa shape index (κ1) is 14.3. The Kier molecular flexibility index (Phi) is 4.46. The lowest BCUT2D eigenvalue weighted by atomic mass is 10.1. The van der Waals surface area contributed by atoms with Gasteiger partial charge in [-0.05, 0) is 46.7 Å². The zero-order valence-corrected chi connectivity index (χ0v) is 13.4. The van der Waals surface area contributed by atoms with Crippen LogP contribution in [0.1, 0.15) is 35.8 Å². The molecule has 0 fully saturated rings. The highest BCUT2D eigenvalue weighted by Gasteiger charge is 2.11. The number of carbonyl (C=O) groups excluding carboxylic acids is 1. The number of hydrogen-bond donors (Lipinski definition) is 2. The van der Waals surface area contributed by atoms with Crippen molar-refractivity contribution in [3.8, 4) is 0 Å². The third kappa shape index (κ3) is 3.48. The normalized spacial score (nSPS) is 10.8. The molecule has 1 amide bonds. The summed E-state index contributed by atoms with van der Waals surface area (Å²) >= 11 is 8.11. The molecule has 0 aliphatic rings. The van der Waals surface area contributed by atoms with E-state index in [1.165, 1.54) is 0 Å².